The molecular weight excluding hydrogens is 236 g/mol. The Morgan fingerprint density at radius 3 is 2.47 bits per heavy atom. The van der Waals surface area contributed by atoms with Crippen molar-refractivity contribution in [1.82, 2.24) is 0 Å². The van der Waals surface area contributed by atoms with E-state index in [0.717, 1.165) is 25.2 Å². The molecule has 2 heteroatoms. The summed E-state index contributed by atoms with van der Waals surface area (Å²) in [5.74, 6) is 1.03. The lowest BCUT2D eigenvalue weighted by Gasteiger charge is -2.21. The molecule has 1 heterocycles. The Morgan fingerprint density at radius 1 is 1.26 bits per heavy atom. The van der Waals surface area contributed by atoms with Gasteiger partial charge in [0.05, 0.1) is 18.8 Å². The zero-order valence-corrected chi connectivity index (χ0v) is 12.8. The Labute approximate surface area is 117 Å². The van der Waals surface area contributed by atoms with Crippen LogP contribution in [0.4, 0.5) is 0 Å². The van der Waals surface area contributed by atoms with Crippen LogP contribution in [-0.4, -0.2) is 18.8 Å². The Kier molecular flexibility index (Phi) is 4.19. The van der Waals surface area contributed by atoms with Crippen LogP contribution in [-0.2, 0) is 16.6 Å². The number of ether oxygens (including phenoxy) is 2. The van der Waals surface area contributed by atoms with Crippen molar-refractivity contribution in [2.24, 2.45) is 0 Å². The van der Waals surface area contributed by atoms with E-state index in [1.54, 1.807) is 0 Å². The highest BCUT2D eigenvalue weighted by molar-refractivity contribution is 5.40. The summed E-state index contributed by atoms with van der Waals surface area (Å²) in [5, 5.41) is 0. The first kappa shape index (κ1) is 14.4. The smallest absolute Gasteiger partial charge is 0.122 e. The van der Waals surface area contributed by atoms with Crippen LogP contribution in [0.5, 0.6) is 5.75 Å². The molecule has 0 radical (unpaired) electrons. The quantitative estimate of drug-likeness (QED) is 0.745. The summed E-state index contributed by atoms with van der Waals surface area (Å²) in [6, 6.07) is 6.61. The minimum Gasteiger partial charge on any atom is -0.494 e. The molecule has 2 rings (SSSR count). The maximum absolute atomic E-state index is 5.74. The zero-order valence-electron chi connectivity index (χ0n) is 12.8. The highest BCUT2D eigenvalue weighted by Crippen LogP contribution is 2.31. The van der Waals surface area contributed by atoms with Gasteiger partial charge >= 0.3 is 0 Å². The van der Waals surface area contributed by atoms with Gasteiger partial charge in [-0.25, -0.2) is 0 Å². The van der Waals surface area contributed by atoms with E-state index in [1.807, 2.05) is 6.92 Å². The molecule has 2 atom stereocenters. The van der Waals surface area contributed by atoms with Gasteiger partial charge < -0.3 is 9.47 Å². The van der Waals surface area contributed by atoms with E-state index in [2.05, 4.69) is 45.9 Å². The minimum absolute atomic E-state index is 0.183. The first-order chi connectivity index (χ1) is 8.91. The molecule has 2 unspecified atom stereocenters. The van der Waals surface area contributed by atoms with E-state index >= 15 is 0 Å². The van der Waals surface area contributed by atoms with Crippen molar-refractivity contribution >= 4 is 0 Å². The van der Waals surface area contributed by atoms with Crippen LogP contribution in [0.2, 0.25) is 0 Å². The maximum atomic E-state index is 5.74. The molecule has 0 N–H and O–H groups in total. The van der Waals surface area contributed by atoms with Gasteiger partial charge in [0.1, 0.15) is 5.75 Å². The molecule has 2 nitrogen and oxygen atoms in total. The molecule has 1 saturated heterocycles. The Balaban J connectivity index is 2.15. The molecule has 1 aromatic rings. The summed E-state index contributed by atoms with van der Waals surface area (Å²) in [6.45, 7) is 11.6. The van der Waals surface area contributed by atoms with Gasteiger partial charge in [-0.3, -0.25) is 0 Å². The molecular formula is C17H26O2. The molecule has 0 amide bonds. The molecule has 0 bridgehead atoms. The molecule has 0 spiro atoms. The van der Waals surface area contributed by atoms with Crippen molar-refractivity contribution in [2.75, 3.05) is 6.61 Å². The second-order valence-corrected chi connectivity index (χ2v) is 6.42. The summed E-state index contributed by atoms with van der Waals surface area (Å²) < 4.78 is 11.2. The molecule has 1 aliphatic heterocycles. The van der Waals surface area contributed by atoms with E-state index in [1.165, 1.54) is 11.1 Å². The Hall–Kier alpha value is -1.02. The van der Waals surface area contributed by atoms with Crippen LogP contribution >= 0.6 is 0 Å². The van der Waals surface area contributed by atoms with Gasteiger partial charge in [-0.1, -0.05) is 32.9 Å². The van der Waals surface area contributed by atoms with E-state index in [9.17, 15) is 0 Å². The molecule has 106 valence electrons. The highest BCUT2D eigenvalue weighted by atomic mass is 16.6. The van der Waals surface area contributed by atoms with E-state index in [0.29, 0.717) is 12.2 Å². The fourth-order valence-corrected chi connectivity index (χ4v) is 2.37. The minimum atomic E-state index is 0.183. The van der Waals surface area contributed by atoms with E-state index < -0.39 is 0 Å². The lowest BCUT2D eigenvalue weighted by Crippen LogP contribution is -2.12. The van der Waals surface area contributed by atoms with Crippen molar-refractivity contribution in [3.8, 4) is 5.75 Å². The molecule has 1 aromatic carbocycles. The third-order valence-electron chi connectivity index (χ3n) is 3.76. The number of rotatable bonds is 5. The van der Waals surface area contributed by atoms with Crippen molar-refractivity contribution in [3.05, 3.63) is 29.3 Å². The van der Waals surface area contributed by atoms with Crippen molar-refractivity contribution < 1.29 is 9.47 Å². The summed E-state index contributed by atoms with van der Waals surface area (Å²) >= 11 is 0. The van der Waals surface area contributed by atoms with Crippen LogP contribution in [0.1, 0.15) is 52.2 Å². The van der Waals surface area contributed by atoms with Gasteiger partial charge in [-0.2, -0.15) is 0 Å². The third kappa shape index (κ3) is 3.73. The average molecular weight is 262 g/mol. The fraction of sp³-hybridized carbons (Fsp3) is 0.647. The van der Waals surface area contributed by atoms with E-state index in [4.69, 9.17) is 9.47 Å². The number of epoxide rings is 1. The molecule has 0 aromatic heterocycles. The van der Waals surface area contributed by atoms with Gasteiger partial charge in [0.2, 0.25) is 0 Å². The number of aryl methyl sites for hydroxylation is 1. The van der Waals surface area contributed by atoms with Crippen LogP contribution < -0.4 is 4.74 Å². The van der Waals surface area contributed by atoms with Gasteiger partial charge in [0.15, 0.2) is 0 Å². The second kappa shape index (κ2) is 5.54. The van der Waals surface area contributed by atoms with Gasteiger partial charge in [0.25, 0.3) is 0 Å². The predicted molar refractivity (Wildman–Crippen MR) is 79.0 cm³/mol. The van der Waals surface area contributed by atoms with Crippen molar-refractivity contribution in [1.29, 1.82) is 0 Å². The van der Waals surface area contributed by atoms with Crippen LogP contribution in [0, 0.1) is 0 Å². The third-order valence-corrected chi connectivity index (χ3v) is 3.76. The first-order valence-electron chi connectivity index (χ1n) is 7.33. The van der Waals surface area contributed by atoms with Crippen molar-refractivity contribution in [3.63, 3.8) is 0 Å². The highest BCUT2D eigenvalue weighted by Gasteiger charge is 2.33. The molecule has 0 saturated carbocycles. The fourth-order valence-electron chi connectivity index (χ4n) is 2.37. The first-order valence-corrected chi connectivity index (χ1v) is 7.33. The molecule has 0 aliphatic carbocycles. The van der Waals surface area contributed by atoms with Gasteiger partial charge in [0, 0.05) is 0 Å². The summed E-state index contributed by atoms with van der Waals surface area (Å²) in [6.07, 6.45) is 3.03. The summed E-state index contributed by atoms with van der Waals surface area (Å²) in [7, 11) is 0. The number of hydrogen-bond donors (Lipinski definition) is 0. The Morgan fingerprint density at radius 2 is 1.95 bits per heavy atom. The topological polar surface area (TPSA) is 21.8 Å². The van der Waals surface area contributed by atoms with Crippen LogP contribution in [0.3, 0.4) is 0 Å². The normalized spacial score (nSPS) is 22.4. The Bertz CT molecular complexity index is 431. The largest absolute Gasteiger partial charge is 0.494 e. The van der Waals surface area contributed by atoms with E-state index in [-0.39, 0.29) is 5.41 Å². The average Bonchev–Trinajstić information content (AvgIpc) is 3.03. The number of hydrogen-bond acceptors (Lipinski definition) is 2. The zero-order chi connectivity index (χ0) is 14.0. The predicted octanol–water partition coefficient (Wildman–Crippen LogP) is 4.10. The van der Waals surface area contributed by atoms with Crippen molar-refractivity contribution in [2.45, 2.75) is 65.1 Å². The second-order valence-electron chi connectivity index (χ2n) is 6.42. The lowest BCUT2D eigenvalue weighted by atomic mass is 9.85. The molecule has 19 heavy (non-hydrogen) atoms. The van der Waals surface area contributed by atoms with Gasteiger partial charge in [-0.15, -0.1) is 0 Å². The molecule has 1 aliphatic rings. The van der Waals surface area contributed by atoms with Crippen LogP contribution in [0.15, 0.2) is 18.2 Å². The summed E-state index contributed by atoms with van der Waals surface area (Å²) in [5.41, 5.74) is 2.87. The van der Waals surface area contributed by atoms with Gasteiger partial charge in [-0.05, 0) is 49.3 Å². The number of benzene rings is 1. The monoisotopic (exact) mass is 262 g/mol. The van der Waals surface area contributed by atoms with Crippen LogP contribution in [0.25, 0.3) is 0 Å². The lowest BCUT2D eigenvalue weighted by molar-refractivity contribution is 0.334. The summed E-state index contributed by atoms with van der Waals surface area (Å²) in [4.78, 5) is 0. The maximum Gasteiger partial charge on any atom is 0.122 e. The standard InChI is InChI=1S/C17H26O2/c1-6-18-16-10-8-14(17(3,4)5)11-13(16)7-9-15-12(2)19-15/h8,10-12,15H,6-7,9H2,1-5H3. The SMILES string of the molecule is CCOc1ccc(C(C)(C)C)cc1CCC1OC1C. The molecule has 1 fully saturated rings.